The zero-order valence-electron chi connectivity index (χ0n) is 12.1. The van der Waals surface area contributed by atoms with E-state index in [1.165, 1.54) is 0 Å². The van der Waals surface area contributed by atoms with Crippen molar-refractivity contribution in [2.24, 2.45) is 4.99 Å². The van der Waals surface area contributed by atoms with Gasteiger partial charge in [0.2, 0.25) is 0 Å². The summed E-state index contributed by atoms with van der Waals surface area (Å²) in [5.41, 5.74) is 2.74. The van der Waals surface area contributed by atoms with E-state index < -0.39 is 0 Å². The van der Waals surface area contributed by atoms with Crippen molar-refractivity contribution >= 4 is 35.2 Å². The van der Waals surface area contributed by atoms with E-state index in [0.29, 0.717) is 22.2 Å². The molecule has 0 aliphatic carbocycles. The van der Waals surface area contributed by atoms with Crippen LogP contribution in [0.1, 0.15) is 18.1 Å². The number of rotatable bonds is 5. The Balaban J connectivity index is 2.23. The fraction of sp³-hybridized carbons (Fsp3) is 0.250. The van der Waals surface area contributed by atoms with Crippen LogP contribution in [0.15, 0.2) is 41.7 Å². The highest BCUT2D eigenvalue weighted by molar-refractivity contribution is 6.35. The smallest absolute Gasteiger partial charge is 0.0910 e. The van der Waals surface area contributed by atoms with Crippen molar-refractivity contribution in [1.29, 1.82) is 0 Å². The molecule has 0 aliphatic rings. The molecule has 1 aromatic heterocycles. The molecule has 0 radical (unpaired) electrons. The van der Waals surface area contributed by atoms with E-state index in [-0.39, 0.29) is 0 Å². The van der Waals surface area contributed by atoms with Crippen LogP contribution in [-0.2, 0) is 6.42 Å². The Morgan fingerprint density at radius 3 is 2.76 bits per heavy atom. The Morgan fingerprint density at radius 1 is 1.29 bits per heavy atom. The number of hydrogen-bond acceptors (Lipinski definition) is 2. The standard InChI is InChI=1S/C16H17Cl2N3/c1-3-21(2)11-20-16-9-14(17)13(8-15(16)18)7-12-5-4-6-19-10-12/h4-6,8-11H,3,7H2,1-2H3. The van der Waals surface area contributed by atoms with Crippen LogP contribution >= 0.6 is 23.2 Å². The molecule has 0 unspecified atom stereocenters. The van der Waals surface area contributed by atoms with Crippen LogP contribution in [0.25, 0.3) is 0 Å². The van der Waals surface area contributed by atoms with Gasteiger partial charge in [-0.25, -0.2) is 4.99 Å². The second-order valence-electron chi connectivity index (χ2n) is 4.75. The number of pyridine rings is 1. The summed E-state index contributed by atoms with van der Waals surface area (Å²) in [6.07, 6.45) is 6.02. The molecule has 0 spiro atoms. The van der Waals surface area contributed by atoms with Gasteiger partial charge in [0.05, 0.1) is 17.0 Å². The van der Waals surface area contributed by atoms with Crippen LogP contribution in [0.2, 0.25) is 10.0 Å². The van der Waals surface area contributed by atoms with E-state index in [1.54, 1.807) is 18.6 Å². The minimum absolute atomic E-state index is 0.596. The number of aliphatic imine (C=N–C) groups is 1. The Kier molecular flexibility index (Phi) is 5.59. The summed E-state index contributed by atoms with van der Waals surface area (Å²) >= 11 is 12.6. The molecule has 0 bridgehead atoms. The molecule has 110 valence electrons. The Labute approximate surface area is 135 Å². The van der Waals surface area contributed by atoms with Gasteiger partial charge in [-0.1, -0.05) is 29.3 Å². The molecule has 3 nitrogen and oxygen atoms in total. The molecule has 1 heterocycles. The molecule has 0 saturated carbocycles. The highest BCUT2D eigenvalue weighted by atomic mass is 35.5. The molecule has 1 aromatic carbocycles. The van der Waals surface area contributed by atoms with E-state index in [4.69, 9.17) is 23.2 Å². The maximum absolute atomic E-state index is 6.33. The van der Waals surface area contributed by atoms with Gasteiger partial charge in [-0.05, 0) is 36.2 Å². The van der Waals surface area contributed by atoms with Gasteiger partial charge in [-0.15, -0.1) is 0 Å². The van der Waals surface area contributed by atoms with E-state index in [2.05, 4.69) is 16.9 Å². The normalized spacial score (nSPS) is 11.0. The van der Waals surface area contributed by atoms with E-state index >= 15 is 0 Å². The fourth-order valence-electron chi connectivity index (χ4n) is 1.78. The van der Waals surface area contributed by atoms with Gasteiger partial charge < -0.3 is 4.90 Å². The van der Waals surface area contributed by atoms with Crippen molar-refractivity contribution in [3.05, 3.63) is 57.8 Å². The molecule has 5 heteroatoms. The first-order valence-electron chi connectivity index (χ1n) is 6.71. The number of halogens is 2. The Hall–Kier alpha value is -1.58. The molecular weight excluding hydrogens is 305 g/mol. The Morgan fingerprint density at radius 2 is 2.10 bits per heavy atom. The summed E-state index contributed by atoms with van der Waals surface area (Å²) in [7, 11) is 1.95. The predicted octanol–water partition coefficient (Wildman–Crippen LogP) is 4.59. The molecule has 0 aliphatic heterocycles. The maximum atomic E-state index is 6.33. The van der Waals surface area contributed by atoms with Crippen molar-refractivity contribution in [3.8, 4) is 0 Å². The zero-order valence-corrected chi connectivity index (χ0v) is 13.6. The van der Waals surface area contributed by atoms with Crippen molar-refractivity contribution in [1.82, 2.24) is 9.88 Å². The predicted molar refractivity (Wildman–Crippen MR) is 90.0 cm³/mol. The molecule has 2 rings (SSSR count). The van der Waals surface area contributed by atoms with Crippen LogP contribution in [0.4, 0.5) is 5.69 Å². The molecule has 0 amide bonds. The number of aromatic nitrogens is 1. The summed E-state index contributed by atoms with van der Waals surface area (Å²) in [6.45, 7) is 2.94. The molecule has 0 fully saturated rings. The molecule has 0 saturated heterocycles. The van der Waals surface area contributed by atoms with Gasteiger partial charge in [0, 0.05) is 37.4 Å². The van der Waals surface area contributed by atoms with Crippen molar-refractivity contribution < 1.29 is 0 Å². The monoisotopic (exact) mass is 321 g/mol. The molecule has 2 aromatic rings. The first-order chi connectivity index (χ1) is 10.1. The first-order valence-corrected chi connectivity index (χ1v) is 7.47. The van der Waals surface area contributed by atoms with Crippen LogP contribution in [0, 0.1) is 0 Å². The second-order valence-corrected chi connectivity index (χ2v) is 5.57. The molecule has 0 atom stereocenters. The fourth-order valence-corrected chi connectivity index (χ4v) is 2.24. The summed E-state index contributed by atoms with van der Waals surface area (Å²) in [4.78, 5) is 10.4. The van der Waals surface area contributed by atoms with Gasteiger partial charge in [0.15, 0.2) is 0 Å². The SMILES string of the molecule is CCN(C)C=Nc1cc(Cl)c(Cc2cccnc2)cc1Cl. The lowest BCUT2D eigenvalue weighted by Gasteiger charge is -2.10. The average Bonchev–Trinajstić information content (AvgIpc) is 2.50. The third-order valence-corrected chi connectivity index (χ3v) is 3.78. The van der Waals surface area contributed by atoms with Gasteiger partial charge in [-0.3, -0.25) is 4.98 Å². The topological polar surface area (TPSA) is 28.5 Å². The lowest BCUT2D eigenvalue weighted by atomic mass is 10.1. The first kappa shape index (κ1) is 15.8. The maximum Gasteiger partial charge on any atom is 0.0910 e. The average molecular weight is 322 g/mol. The van der Waals surface area contributed by atoms with Crippen LogP contribution in [0.3, 0.4) is 0 Å². The largest absolute Gasteiger partial charge is 0.366 e. The Bertz CT molecular complexity index is 627. The highest BCUT2D eigenvalue weighted by Gasteiger charge is 2.08. The van der Waals surface area contributed by atoms with E-state index in [0.717, 1.165) is 17.7 Å². The van der Waals surface area contributed by atoms with Crippen LogP contribution in [0.5, 0.6) is 0 Å². The summed E-state index contributed by atoms with van der Waals surface area (Å²) in [6, 6.07) is 7.59. The zero-order chi connectivity index (χ0) is 15.2. The van der Waals surface area contributed by atoms with Crippen molar-refractivity contribution in [2.45, 2.75) is 13.3 Å². The van der Waals surface area contributed by atoms with Crippen LogP contribution < -0.4 is 0 Å². The molecule has 21 heavy (non-hydrogen) atoms. The number of nitrogens with zero attached hydrogens (tertiary/aromatic N) is 3. The minimum atomic E-state index is 0.596. The van der Waals surface area contributed by atoms with Crippen molar-refractivity contribution in [2.75, 3.05) is 13.6 Å². The lowest BCUT2D eigenvalue weighted by molar-refractivity contribution is 0.552. The number of benzene rings is 1. The summed E-state index contributed by atoms with van der Waals surface area (Å²) in [5.74, 6) is 0. The molecule has 0 N–H and O–H groups in total. The van der Waals surface area contributed by atoms with Gasteiger partial charge in [-0.2, -0.15) is 0 Å². The minimum Gasteiger partial charge on any atom is -0.366 e. The van der Waals surface area contributed by atoms with Gasteiger partial charge in [0.1, 0.15) is 0 Å². The lowest BCUT2D eigenvalue weighted by Crippen LogP contribution is -2.14. The summed E-state index contributed by atoms with van der Waals surface area (Å²) < 4.78 is 0. The van der Waals surface area contributed by atoms with Gasteiger partial charge >= 0.3 is 0 Å². The third-order valence-electron chi connectivity index (χ3n) is 3.13. The highest BCUT2D eigenvalue weighted by Crippen LogP contribution is 2.32. The third kappa shape index (κ3) is 4.45. The van der Waals surface area contributed by atoms with E-state index in [1.807, 2.05) is 36.3 Å². The number of hydrogen-bond donors (Lipinski definition) is 0. The summed E-state index contributed by atoms with van der Waals surface area (Å²) in [5, 5.41) is 1.26. The van der Waals surface area contributed by atoms with E-state index in [9.17, 15) is 0 Å². The molecular formula is C16H17Cl2N3. The van der Waals surface area contributed by atoms with Crippen LogP contribution in [-0.4, -0.2) is 29.8 Å². The second kappa shape index (κ2) is 7.43. The van der Waals surface area contributed by atoms with Gasteiger partial charge in [0.25, 0.3) is 0 Å². The quantitative estimate of drug-likeness (QED) is 0.595. The van der Waals surface area contributed by atoms with Crippen molar-refractivity contribution in [3.63, 3.8) is 0 Å².